The van der Waals surface area contributed by atoms with Gasteiger partial charge in [-0.05, 0) is 54.8 Å². The summed E-state index contributed by atoms with van der Waals surface area (Å²) in [5, 5.41) is 10.00. The Hall–Kier alpha value is -3.27. The van der Waals surface area contributed by atoms with Crippen molar-refractivity contribution in [3.05, 3.63) is 87.3 Å². The number of benzene rings is 3. The summed E-state index contributed by atoms with van der Waals surface area (Å²) in [6, 6.07) is 17.8. The van der Waals surface area contributed by atoms with Gasteiger partial charge in [-0.2, -0.15) is 5.26 Å². The number of H-pyrrole nitrogens is 1. The van der Waals surface area contributed by atoms with Gasteiger partial charge in [-0.3, -0.25) is 4.79 Å². The highest BCUT2D eigenvalue weighted by molar-refractivity contribution is 7.98. The minimum absolute atomic E-state index is 0.107. The molecule has 0 radical (unpaired) electrons. The Balaban J connectivity index is 1.89. The predicted molar refractivity (Wildman–Crippen MR) is 118 cm³/mol. The number of nitrogens with one attached hydrogen (secondary N) is 1. The number of nitriles is 1. The van der Waals surface area contributed by atoms with Crippen molar-refractivity contribution in [3.8, 4) is 28.8 Å². The third-order valence-electron chi connectivity index (χ3n) is 4.52. The van der Waals surface area contributed by atoms with Crippen LogP contribution in [-0.4, -0.2) is 11.2 Å². The molecule has 0 unspecified atom stereocenters. The molecule has 4 rings (SSSR count). The molecule has 1 aromatic heterocycles. The molecule has 0 aliphatic heterocycles. The second-order valence-electron chi connectivity index (χ2n) is 6.46. The van der Waals surface area contributed by atoms with E-state index < -0.39 is 5.82 Å². The fraction of sp³-hybridized carbons (Fsp3) is 0.0435. The molecule has 0 saturated heterocycles. The van der Waals surface area contributed by atoms with E-state index in [9.17, 15) is 14.4 Å². The largest absolute Gasteiger partial charge is 0.456 e. The SMILES string of the molecule is CSc1ccc(C#N)cc1-c1cc(=O)c2c(Oc3ccc(Cl)cc3)cc(F)cc2[nH]1. The first kappa shape index (κ1) is 20.0. The third-order valence-corrected chi connectivity index (χ3v) is 5.57. The maximum Gasteiger partial charge on any atom is 0.193 e. The monoisotopic (exact) mass is 436 g/mol. The fourth-order valence-corrected chi connectivity index (χ4v) is 3.88. The standard InChI is InChI=1S/C23H14ClFN2O2S/c1-30-22-7-2-13(12-26)8-17(22)18-11-20(28)23-19(27-18)9-15(25)10-21(23)29-16-5-3-14(24)4-6-16/h2-11H,1H3,(H,27,28). The minimum Gasteiger partial charge on any atom is -0.456 e. The summed E-state index contributed by atoms with van der Waals surface area (Å²) in [6.07, 6.45) is 1.90. The van der Waals surface area contributed by atoms with Gasteiger partial charge in [-0.25, -0.2) is 4.39 Å². The lowest BCUT2D eigenvalue weighted by Crippen LogP contribution is -2.06. The smallest absolute Gasteiger partial charge is 0.193 e. The van der Waals surface area contributed by atoms with Gasteiger partial charge in [0.2, 0.25) is 0 Å². The fourth-order valence-electron chi connectivity index (χ4n) is 3.16. The molecule has 0 fully saturated rings. The van der Waals surface area contributed by atoms with Crippen LogP contribution < -0.4 is 10.2 Å². The first-order valence-corrected chi connectivity index (χ1v) is 10.5. The Bertz CT molecular complexity index is 1360. The van der Waals surface area contributed by atoms with Gasteiger partial charge >= 0.3 is 0 Å². The van der Waals surface area contributed by atoms with Crippen LogP contribution in [0, 0.1) is 17.1 Å². The van der Waals surface area contributed by atoms with Crippen LogP contribution in [0.15, 0.2) is 70.4 Å². The first-order chi connectivity index (χ1) is 14.5. The molecular formula is C23H14ClFN2O2S. The molecule has 4 aromatic rings. The van der Waals surface area contributed by atoms with E-state index in [4.69, 9.17) is 16.3 Å². The summed E-state index contributed by atoms with van der Waals surface area (Å²) in [7, 11) is 0. The highest BCUT2D eigenvalue weighted by atomic mass is 35.5. The zero-order chi connectivity index (χ0) is 21.3. The Kier molecular flexibility index (Phi) is 5.49. The van der Waals surface area contributed by atoms with Gasteiger partial charge in [0.05, 0.1) is 28.2 Å². The van der Waals surface area contributed by atoms with Gasteiger partial charge in [0.25, 0.3) is 0 Å². The second kappa shape index (κ2) is 8.23. The highest BCUT2D eigenvalue weighted by Gasteiger charge is 2.15. The third kappa shape index (κ3) is 3.90. The maximum absolute atomic E-state index is 14.3. The quantitative estimate of drug-likeness (QED) is 0.377. The second-order valence-corrected chi connectivity index (χ2v) is 7.74. The molecule has 0 saturated carbocycles. The van der Waals surface area contributed by atoms with Gasteiger partial charge < -0.3 is 9.72 Å². The highest BCUT2D eigenvalue weighted by Crippen LogP contribution is 2.33. The molecule has 30 heavy (non-hydrogen) atoms. The van der Waals surface area contributed by atoms with Crippen molar-refractivity contribution in [3.63, 3.8) is 0 Å². The Morgan fingerprint density at radius 1 is 1.10 bits per heavy atom. The summed E-state index contributed by atoms with van der Waals surface area (Å²) in [5.74, 6) is -0.00714. The summed E-state index contributed by atoms with van der Waals surface area (Å²) in [6.45, 7) is 0. The molecule has 0 aliphatic carbocycles. The Labute approximate surface area is 180 Å². The van der Waals surface area contributed by atoms with E-state index in [1.807, 2.05) is 12.3 Å². The topological polar surface area (TPSA) is 65.9 Å². The molecule has 0 bridgehead atoms. The molecule has 1 N–H and O–H groups in total. The summed E-state index contributed by atoms with van der Waals surface area (Å²) < 4.78 is 20.1. The zero-order valence-electron chi connectivity index (χ0n) is 15.7. The van der Waals surface area contributed by atoms with Gasteiger partial charge in [0.15, 0.2) is 5.43 Å². The zero-order valence-corrected chi connectivity index (χ0v) is 17.3. The average molecular weight is 437 g/mol. The molecular weight excluding hydrogens is 423 g/mol. The number of rotatable bonds is 4. The number of thioether (sulfide) groups is 1. The van der Waals surface area contributed by atoms with Crippen molar-refractivity contribution in [2.45, 2.75) is 4.90 Å². The van der Waals surface area contributed by atoms with Crippen molar-refractivity contribution in [2.24, 2.45) is 0 Å². The number of fused-ring (bicyclic) bond motifs is 1. The van der Waals surface area contributed by atoms with Gasteiger partial charge in [0.1, 0.15) is 17.3 Å². The maximum atomic E-state index is 14.3. The van der Waals surface area contributed by atoms with Crippen LogP contribution in [0.1, 0.15) is 5.56 Å². The van der Waals surface area contributed by atoms with E-state index in [0.29, 0.717) is 33.1 Å². The lowest BCUT2D eigenvalue weighted by molar-refractivity contribution is 0.482. The summed E-state index contributed by atoms with van der Waals surface area (Å²) in [4.78, 5) is 17.0. The van der Waals surface area contributed by atoms with Crippen molar-refractivity contribution in [1.82, 2.24) is 4.98 Å². The number of pyridine rings is 1. The van der Waals surface area contributed by atoms with Crippen molar-refractivity contribution < 1.29 is 9.13 Å². The van der Waals surface area contributed by atoms with Crippen LogP contribution in [0.3, 0.4) is 0 Å². The Morgan fingerprint density at radius 3 is 2.57 bits per heavy atom. The minimum atomic E-state index is -0.546. The van der Waals surface area contributed by atoms with Crippen molar-refractivity contribution in [1.29, 1.82) is 5.26 Å². The number of nitrogens with zero attached hydrogens (tertiary/aromatic N) is 1. The molecule has 1 heterocycles. The van der Waals surface area contributed by atoms with Crippen LogP contribution in [0.4, 0.5) is 4.39 Å². The number of aromatic nitrogens is 1. The molecule has 4 nitrogen and oxygen atoms in total. The van der Waals surface area contributed by atoms with E-state index in [1.165, 1.54) is 30.0 Å². The predicted octanol–water partition coefficient (Wildman–Crippen LogP) is 6.37. The normalized spacial score (nSPS) is 10.7. The molecule has 0 amide bonds. The van der Waals surface area contributed by atoms with Crippen LogP contribution >= 0.6 is 23.4 Å². The summed E-state index contributed by atoms with van der Waals surface area (Å²) >= 11 is 7.38. The van der Waals surface area contributed by atoms with Crippen LogP contribution in [0.25, 0.3) is 22.2 Å². The van der Waals surface area contributed by atoms with Gasteiger partial charge in [-0.15, -0.1) is 11.8 Å². The Morgan fingerprint density at radius 2 is 1.87 bits per heavy atom. The van der Waals surface area contributed by atoms with E-state index in [2.05, 4.69) is 11.1 Å². The number of aromatic amines is 1. The van der Waals surface area contributed by atoms with Crippen LogP contribution in [0.2, 0.25) is 5.02 Å². The van der Waals surface area contributed by atoms with E-state index in [1.54, 1.807) is 36.4 Å². The average Bonchev–Trinajstić information content (AvgIpc) is 2.74. The molecule has 0 aliphatic rings. The van der Waals surface area contributed by atoms with Gasteiger partial charge in [0, 0.05) is 27.6 Å². The lowest BCUT2D eigenvalue weighted by atomic mass is 10.1. The van der Waals surface area contributed by atoms with E-state index in [-0.39, 0.29) is 16.6 Å². The first-order valence-electron chi connectivity index (χ1n) is 8.87. The lowest BCUT2D eigenvalue weighted by Gasteiger charge is -2.12. The number of halogens is 2. The number of ether oxygens (including phenoxy) is 1. The summed E-state index contributed by atoms with van der Waals surface area (Å²) in [5.41, 5.74) is 1.64. The van der Waals surface area contributed by atoms with Crippen LogP contribution in [-0.2, 0) is 0 Å². The van der Waals surface area contributed by atoms with Crippen LogP contribution in [0.5, 0.6) is 11.5 Å². The molecule has 0 spiro atoms. The molecule has 7 heteroatoms. The number of hydrogen-bond acceptors (Lipinski definition) is 4. The molecule has 3 aromatic carbocycles. The van der Waals surface area contributed by atoms with Crippen molar-refractivity contribution in [2.75, 3.05) is 6.26 Å². The van der Waals surface area contributed by atoms with E-state index in [0.717, 1.165) is 4.90 Å². The molecule has 148 valence electrons. The van der Waals surface area contributed by atoms with Gasteiger partial charge in [-0.1, -0.05) is 11.6 Å². The number of hydrogen-bond donors (Lipinski definition) is 1. The molecule has 0 atom stereocenters. The van der Waals surface area contributed by atoms with Crippen molar-refractivity contribution >= 4 is 34.3 Å². The van der Waals surface area contributed by atoms with E-state index >= 15 is 0 Å².